The largest absolute Gasteiger partial charge is 0.454 e. The molecule has 3 aromatic rings. The number of anilines is 2. The molecule has 0 bridgehead atoms. The highest BCUT2D eigenvalue weighted by atomic mass is 19.4. The third kappa shape index (κ3) is 5.52. The zero-order valence-corrected chi connectivity index (χ0v) is 21.9. The third-order valence-electron chi connectivity index (χ3n) is 8.15. The van der Waals surface area contributed by atoms with Crippen LogP contribution in [-0.2, 0) is 10.3 Å². The molecule has 0 aromatic carbocycles. The van der Waals surface area contributed by atoms with Gasteiger partial charge in [0.2, 0.25) is 0 Å². The summed E-state index contributed by atoms with van der Waals surface area (Å²) in [5.41, 5.74) is -2.62. The smallest absolute Gasteiger partial charge is 0.417 e. The summed E-state index contributed by atoms with van der Waals surface area (Å²) in [6.45, 7) is 1.41. The summed E-state index contributed by atoms with van der Waals surface area (Å²) in [6.07, 6.45) is 2.63. The summed E-state index contributed by atoms with van der Waals surface area (Å²) >= 11 is 0. The van der Waals surface area contributed by atoms with E-state index in [0.717, 1.165) is 37.1 Å². The maximum absolute atomic E-state index is 13.2. The van der Waals surface area contributed by atoms with Crippen LogP contribution in [0.25, 0.3) is 0 Å². The fraction of sp³-hybridized carbons (Fsp3) is 0.536. The first-order valence-electron chi connectivity index (χ1n) is 13.7. The van der Waals surface area contributed by atoms with Gasteiger partial charge in [0.1, 0.15) is 22.9 Å². The van der Waals surface area contributed by atoms with Crippen molar-refractivity contribution in [2.45, 2.75) is 80.7 Å². The molecule has 1 aliphatic heterocycles. The molecule has 6 rings (SSSR count). The topological polar surface area (TPSA) is 115 Å². The molecule has 3 aliphatic rings. The predicted molar refractivity (Wildman–Crippen MR) is 138 cm³/mol. The average Bonchev–Trinajstić information content (AvgIpc) is 3.71. The summed E-state index contributed by atoms with van der Waals surface area (Å²) in [5, 5.41) is 29.1. The van der Waals surface area contributed by atoms with Crippen LogP contribution < -0.4 is 10.1 Å². The molecular weight excluding hydrogens is 527 g/mol. The first-order chi connectivity index (χ1) is 19.1. The van der Waals surface area contributed by atoms with Crippen LogP contribution in [0.5, 0.6) is 11.5 Å². The molecule has 3 aromatic heterocycles. The van der Waals surface area contributed by atoms with Gasteiger partial charge in [0.15, 0.2) is 11.4 Å². The monoisotopic (exact) mass is 559 g/mol. The van der Waals surface area contributed by atoms with Crippen LogP contribution in [0.2, 0.25) is 0 Å². The maximum atomic E-state index is 13.2. The lowest BCUT2D eigenvalue weighted by molar-refractivity contribution is -0.279. The highest BCUT2D eigenvalue weighted by molar-refractivity contribution is 5.58. The van der Waals surface area contributed by atoms with Crippen LogP contribution in [0.1, 0.15) is 74.7 Å². The number of nitrogens with zero attached hydrogens (tertiary/aromatic N) is 4. The highest BCUT2D eigenvalue weighted by Gasteiger charge is 2.57. The Morgan fingerprint density at radius 1 is 0.975 bits per heavy atom. The molecule has 2 saturated carbocycles. The number of hydrogen-bond acceptors (Lipinski definition) is 8. The van der Waals surface area contributed by atoms with Gasteiger partial charge < -0.3 is 25.0 Å². The van der Waals surface area contributed by atoms with Gasteiger partial charge in [-0.15, -0.1) is 0 Å². The highest BCUT2D eigenvalue weighted by Crippen LogP contribution is 2.47. The van der Waals surface area contributed by atoms with E-state index in [-0.39, 0.29) is 24.5 Å². The number of rotatable bonds is 7. The van der Waals surface area contributed by atoms with E-state index >= 15 is 0 Å². The second-order valence-corrected chi connectivity index (χ2v) is 11.1. The van der Waals surface area contributed by atoms with Gasteiger partial charge in [-0.25, -0.2) is 4.98 Å². The van der Waals surface area contributed by atoms with Crippen molar-refractivity contribution in [3.05, 3.63) is 54.2 Å². The zero-order valence-electron chi connectivity index (χ0n) is 21.9. The van der Waals surface area contributed by atoms with Gasteiger partial charge in [-0.2, -0.15) is 18.3 Å². The number of halogens is 3. The Morgan fingerprint density at radius 3 is 2.40 bits per heavy atom. The molecule has 9 nitrogen and oxygen atoms in total. The van der Waals surface area contributed by atoms with Crippen LogP contribution >= 0.6 is 0 Å². The fourth-order valence-electron chi connectivity index (χ4n) is 5.44. The third-order valence-corrected chi connectivity index (χ3v) is 8.15. The molecule has 3 fully saturated rings. The lowest BCUT2D eigenvalue weighted by Crippen LogP contribution is -2.51. The molecule has 0 radical (unpaired) electrons. The van der Waals surface area contributed by atoms with E-state index in [9.17, 15) is 23.4 Å². The molecule has 0 unspecified atom stereocenters. The lowest BCUT2D eigenvalue weighted by Gasteiger charge is -2.41. The first-order valence-corrected chi connectivity index (χ1v) is 13.7. The van der Waals surface area contributed by atoms with Crippen molar-refractivity contribution in [2.75, 3.05) is 18.5 Å². The van der Waals surface area contributed by atoms with Gasteiger partial charge in [-0.05, 0) is 69.6 Å². The van der Waals surface area contributed by atoms with Crippen molar-refractivity contribution in [3.63, 3.8) is 0 Å². The standard InChI is InChI=1S/C28H32F3N5O4/c29-28(30,31)27(38)9-7-26(37,8-10-27)23-15-19(3-11-32-23)34-24-16-21(4-12-33-24)40-22-17-36(20-1-2-20)35-25(22)18-5-13-39-14-6-18/h3-4,11-12,15-18,20,37-38H,1-2,5-10,13-14H2,(H,32,33,34). The first kappa shape index (κ1) is 27.0. The summed E-state index contributed by atoms with van der Waals surface area (Å²) in [6, 6.07) is 7.21. The molecule has 40 heavy (non-hydrogen) atoms. The normalized spacial score (nSPS) is 26.0. The van der Waals surface area contributed by atoms with Gasteiger partial charge in [-0.3, -0.25) is 9.67 Å². The van der Waals surface area contributed by atoms with Gasteiger partial charge in [0.05, 0.1) is 17.9 Å². The minimum atomic E-state index is -4.74. The van der Waals surface area contributed by atoms with Crippen molar-refractivity contribution in [1.29, 1.82) is 0 Å². The summed E-state index contributed by atoms with van der Waals surface area (Å²) < 4.78 is 53.5. The Balaban J connectivity index is 1.17. The predicted octanol–water partition coefficient (Wildman–Crippen LogP) is 5.49. The zero-order chi connectivity index (χ0) is 28.0. The molecule has 3 N–H and O–H groups in total. The number of hydrogen-bond donors (Lipinski definition) is 3. The second-order valence-electron chi connectivity index (χ2n) is 11.1. The SMILES string of the molecule is OC1(c2cc(Nc3cc(Oc4cn(C5CC5)nc4C4CCOCC4)ccn3)ccn2)CCC(O)(C(F)(F)F)CC1. The van der Waals surface area contributed by atoms with E-state index in [2.05, 4.69) is 15.3 Å². The van der Waals surface area contributed by atoms with Crippen LogP contribution in [-0.4, -0.2) is 55.0 Å². The van der Waals surface area contributed by atoms with Crippen molar-refractivity contribution in [1.82, 2.24) is 19.7 Å². The van der Waals surface area contributed by atoms with Crippen molar-refractivity contribution in [3.8, 4) is 11.5 Å². The summed E-state index contributed by atoms with van der Waals surface area (Å²) in [5.74, 6) is 2.06. The molecule has 214 valence electrons. The van der Waals surface area contributed by atoms with Crippen molar-refractivity contribution >= 4 is 11.5 Å². The van der Waals surface area contributed by atoms with Crippen molar-refractivity contribution in [2.24, 2.45) is 0 Å². The summed E-state index contributed by atoms with van der Waals surface area (Å²) in [7, 11) is 0. The number of aliphatic hydroxyl groups is 2. The maximum Gasteiger partial charge on any atom is 0.417 e. The Bertz CT molecular complexity index is 1350. The Morgan fingerprint density at radius 2 is 1.70 bits per heavy atom. The Hall–Kier alpha value is -3.22. The van der Waals surface area contributed by atoms with Gasteiger partial charge in [0, 0.05) is 43.3 Å². The van der Waals surface area contributed by atoms with E-state index in [1.165, 1.54) is 6.20 Å². The van der Waals surface area contributed by atoms with E-state index in [0.29, 0.717) is 36.5 Å². The molecule has 12 heteroatoms. The molecule has 1 saturated heterocycles. The van der Waals surface area contributed by atoms with Crippen molar-refractivity contribution < 1.29 is 32.9 Å². The quantitative estimate of drug-likeness (QED) is 0.348. The minimum absolute atomic E-state index is 0.239. The molecule has 2 aliphatic carbocycles. The molecule has 0 amide bonds. The molecule has 0 atom stereocenters. The number of ether oxygens (including phenoxy) is 2. The van der Waals surface area contributed by atoms with Gasteiger partial charge >= 0.3 is 6.18 Å². The van der Waals surface area contributed by atoms with Crippen LogP contribution in [0.3, 0.4) is 0 Å². The van der Waals surface area contributed by atoms with Crippen LogP contribution in [0.4, 0.5) is 24.7 Å². The number of alkyl halides is 3. The van der Waals surface area contributed by atoms with Gasteiger partial charge in [0.25, 0.3) is 0 Å². The Kier molecular flexibility index (Phi) is 6.96. The van der Waals surface area contributed by atoms with E-state index in [1.807, 2.05) is 10.9 Å². The summed E-state index contributed by atoms with van der Waals surface area (Å²) in [4.78, 5) is 8.59. The number of pyridine rings is 2. The van der Waals surface area contributed by atoms with Crippen LogP contribution in [0, 0.1) is 0 Å². The fourth-order valence-corrected chi connectivity index (χ4v) is 5.44. The van der Waals surface area contributed by atoms with Gasteiger partial charge in [-0.1, -0.05) is 0 Å². The number of nitrogens with one attached hydrogen (secondary N) is 1. The second kappa shape index (κ2) is 10.3. The van der Waals surface area contributed by atoms with E-state index in [4.69, 9.17) is 14.6 Å². The number of aromatic nitrogens is 4. The molecule has 4 heterocycles. The van der Waals surface area contributed by atoms with E-state index < -0.39 is 30.2 Å². The van der Waals surface area contributed by atoms with E-state index in [1.54, 1.807) is 30.5 Å². The molecule has 0 spiro atoms. The minimum Gasteiger partial charge on any atom is -0.454 e. The Labute approximate surface area is 229 Å². The lowest BCUT2D eigenvalue weighted by atomic mass is 9.74. The molecular formula is C28H32F3N5O4. The van der Waals surface area contributed by atoms with Crippen LogP contribution in [0.15, 0.2) is 42.9 Å². The average molecular weight is 560 g/mol.